The summed E-state index contributed by atoms with van der Waals surface area (Å²) in [7, 11) is 0. The van der Waals surface area contributed by atoms with Crippen molar-refractivity contribution >= 4 is 35.0 Å². The summed E-state index contributed by atoms with van der Waals surface area (Å²) in [5, 5.41) is 0. The maximum absolute atomic E-state index is 14.5. The van der Waals surface area contributed by atoms with Crippen LogP contribution in [-0.4, -0.2) is 36.8 Å². The van der Waals surface area contributed by atoms with Crippen molar-refractivity contribution in [3.05, 3.63) is 96.6 Å². The van der Waals surface area contributed by atoms with Crippen LogP contribution in [0.15, 0.2) is 91.0 Å². The number of ether oxygens (including phenoxy) is 2. The van der Waals surface area contributed by atoms with E-state index in [1.54, 1.807) is 48.5 Å². The summed E-state index contributed by atoms with van der Waals surface area (Å²) in [6, 6.07) is 23.4. The number of unbranched alkanes of at least 4 members (excludes halogenated alkanes) is 2. The van der Waals surface area contributed by atoms with E-state index in [4.69, 9.17) is 9.47 Å². The molecule has 0 N–H and O–H groups in total. The van der Waals surface area contributed by atoms with Crippen molar-refractivity contribution in [2.45, 2.75) is 44.9 Å². The average Bonchev–Trinajstić information content (AvgIpc) is 3.53. The van der Waals surface area contributed by atoms with Gasteiger partial charge in [0.25, 0.3) is 0 Å². The van der Waals surface area contributed by atoms with Gasteiger partial charge < -0.3 is 9.47 Å². The molecule has 4 atom stereocenters. The molecule has 2 saturated heterocycles. The fourth-order valence-corrected chi connectivity index (χ4v) is 8.04. The second-order valence-electron chi connectivity index (χ2n) is 12.7. The maximum atomic E-state index is 14.5. The number of amides is 4. The van der Waals surface area contributed by atoms with Crippen molar-refractivity contribution in [2.24, 2.45) is 29.6 Å². The second kappa shape index (κ2) is 11.9. The van der Waals surface area contributed by atoms with E-state index in [0.29, 0.717) is 36.1 Å². The van der Waals surface area contributed by atoms with Crippen LogP contribution in [0.2, 0.25) is 0 Å². The van der Waals surface area contributed by atoms with E-state index in [1.807, 2.05) is 42.5 Å². The minimum atomic E-state index is -1.17. The van der Waals surface area contributed by atoms with Gasteiger partial charge in [0, 0.05) is 11.3 Å². The lowest BCUT2D eigenvalue weighted by molar-refractivity contribution is -0.140. The topological polar surface area (TPSA) is 93.2 Å². The Labute approximate surface area is 269 Å². The summed E-state index contributed by atoms with van der Waals surface area (Å²) >= 11 is 0. The van der Waals surface area contributed by atoms with E-state index < -0.39 is 35.0 Å². The van der Waals surface area contributed by atoms with Crippen LogP contribution in [0.25, 0.3) is 0 Å². The quantitative estimate of drug-likeness (QED) is 0.147. The summed E-state index contributed by atoms with van der Waals surface area (Å²) in [5.41, 5.74) is 0.501. The zero-order valence-corrected chi connectivity index (χ0v) is 26.1. The molecule has 3 fully saturated rings. The Bertz CT molecular complexity index is 1580. The number of imide groups is 2. The fraction of sp³-hybridized carbons (Fsp3) is 0.368. The highest BCUT2D eigenvalue weighted by atomic mass is 16.5. The summed E-state index contributed by atoms with van der Waals surface area (Å²) in [6.45, 7) is 5.37. The van der Waals surface area contributed by atoms with Crippen LogP contribution in [0.5, 0.6) is 11.5 Å². The lowest BCUT2D eigenvalue weighted by Gasteiger charge is -2.53. The Morgan fingerprint density at radius 2 is 1.07 bits per heavy atom. The summed E-state index contributed by atoms with van der Waals surface area (Å²) in [4.78, 5) is 60.1. The molecule has 1 saturated carbocycles. The molecule has 2 bridgehead atoms. The Morgan fingerprint density at radius 3 is 1.50 bits per heavy atom. The summed E-state index contributed by atoms with van der Waals surface area (Å²) < 4.78 is 11.6. The number of anilines is 2. The Balaban J connectivity index is 1.26. The van der Waals surface area contributed by atoms with E-state index >= 15 is 0 Å². The summed E-state index contributed by atoms with van der Waals surface area (Å²) in [6.07, 6.45) is 7.74. The van der Waals surface area contributed by atoms with Crippen molar-refractivity contribution in [3.63, 3.8) is 0 Å². The molecule has 2 aliphatic heterocycles. The molecule has 0 radical (unpaired) electrons. The molecule has 5 aliphatic rings. The molecule has 3 aliphatic carbocycles. The number of benzene rings is 3. The van der Waals surface area contributed by atoms with Gasteiger partial charge in [-0.2, -0.15) is 0 Å². The van der Waals surface area contributed by atoms with Crippen molar-refractivity contribution in [1.82, 2.24) is 0 Å². The molecule has 8 nitrogen and oxygen atoms in total. The first-order valence-corrected chi connectivity index (χ1v) is 16.4. The van der Waals surface area contributed by atoms with Gasteiger partial charge in [-0.05, 0) is 66.9 Å². The zero-order chi connectivity index (χ0) is 32.0. The standard InChI is InChI=1S/C38H38N2O6/c1-3-5-22-45-27-16-12-25(13-17-27)39-34(41)30-29-20-21-38(32(30)36(39)43,24-10-8-7-9-11-24)33-31(29)35(42)40(37(33)44)26-14-18-28(19-15-26)46-23-6-4-2/h7-21,29-33H,3-6,22-23H2,1-2H3/t29?,30-,31-,32-,33-,38?/m1/s1. The molecule has 3 aromatic rings. The van der Waals surface area contributed by atoms with Crippen LogP contribution in [0.4, 0.5) is 11.4 Å². The number of allylic oxidation sites excluding steroid dienone is 2. The molecular formula is C38H38N2O6. The molecule has 3 aromatic carbocycles. The highest BCUT2D eigenvalue weighted by Crippen LogP contribution is 2.65. The van der Waals surface area contributed by atoms with Crippen molar-refractivity contribution in [3.8, 4) is 11.5 Å². The highest BCUT2D eigenvalue weighted by molar-refractivity contribution is 6.27. The molecule has 8 heteroatoms. The lowest BCUT2D eigenvalue weighted by atomic mass is 9.45. The smallest absolute Gasteiger partial charge is 0.238 e. The number of rotatable bonds is 11. The molecule has 4 amide bonds. The summed E-state index contributed by atoms with van der Waals surface area (Å²) in [5.74, 6) is -3.82. The number of carbonyl (C=O) groups is 4. The van der Waals surface area contributed by atoms with E-state index in [0.717, 1.165) is 31.2 Å². The zero-order valence-electron chi connectivity index (χ0n) is 26.1. The number of hydrogen-bond acceptors (Lipinski definition) is 6. The van der Waals surface area contributed by atoms with Crippen LogP contribution >= 0.6 is 0 Å². The van der Waals surface area contributed by atoms with Gasteiger partial charge in [0.15, 0.2) is 0 Å². The van der Waals surface area contributed by atoms with Crippen LogP contribution < -0.4 is 19.3 Å². The molecule has 2 heterocycles. The third-order valence-corrected chi connectivity index (χ3v) is 10.2. The van der Waals surface area contributed by atoms with Gasteiger partial charge in [-0.25, -0.2) is 9.80 Å². The second-order valence-corrected chi connectivity index (χ2v) is 12.7. The Hall–Kier alpha value is -4.72. The van der Waals surface area contributed by atoms with E-state index in [1.165, 1.54) is 9.80 Å². The van der Waals surface area contributed by atoms with Crippen molar-refractivity contribution < 1.29 is 28.7 Å². The van der Waals surface area contributed by atoms with Gasteiger partial charge in [0.1, 0.15) is 11.5 Å². The highest BCUT2D eigenvalue weighted by Gasteiger charge is 2.75. The first-order chi connectivity index (χ1) is 22.4. The molecule has 46 heavy (non-hydrogen) atoms. The molecule has 0 aromatic heterocycles. The molecule has 236 valence electrons. The minimum absolute atomic E-state index is 0.338. The van der Waals surface area contributed by atoms with Crippen molar-refractivity contribution in [1.29, 1.82) is 0 Å². The SMILES string of the molecule is CCCCOc1ccc(N2C(=O)[C@@H]3C4C=CC(c5ccccc5)([C@H]3C2=O)[C@H]2C(=O)N(c3ccc(OCCCC)cc3)C(=O)[C@H]42)cc1. The van der Waals surface area contributed by atoms with E-state index in [9.17, 15) is 19.2 Å². The molecule has 0 spiro atoms. The molecule has 0 unspecified atom stereocenters. The average molecular weight is 619 g/mol. The van der Waals surface area contributed by atoms with Gasteiger partial charge in [-0.3, -0.25) is 19.2 Å². The molecular weight excluding hydrogens is 580 g/mol. The Kier molecular flexibility index (Phi) is 7.75. The maximum Gasteiger partial charge on any atom is 0.238 e. The predicted octanol–water partition coefficient (Wildman–Crippen LogP) is 6.09. The van der Waals surface area contributed by atoms with Crippen LogP contribution in [0.1, 0.15) is 45.1 Å². The third-order valence-electron chi connectivity index (χ3n) is 10.2. The normalized spacial score (nSPS) is 27.7. The van der Waals surface area contributed by atoms with E-state index in [-0.39, 0.29) is 23.6 Å². The predicted molar refractivity (Wildman–Crippen MR) is 173 cm³/mol. The monoisotopic (exact) mass is 618 g/mol. The minimum Gasteiger partial charge on any atom is -0.494 e. The number of hydrogen-bond donors (Lipinski definition) is 0. The van der Waals surface area contributed by atoms with E-state index in [2.05, 4.69) is 13.8 Å². The van der Waals surface area contributed by atoms with Gasteiger partial charge in [0.2, 0.25) is 23.6 Å². The largest absolute Gasteiger partial charge is 0.494 e. The number of nitrogens with zero attached hydrogens (tertiary/aromatic N) is 2. The van der Waals surface area contributed by atoms with Gasteiger partial charge in [-0.15, -0.1) is 0 Å². The van der Waals surface area contributed by atoms with Crippen molar-refractivity contribution in [2.75, 3.05) is 23.0 Å². The van der Waals surface area contributed by atoms with Gasteiger partial charge in [-0.1, -0.05) is 69.2 Å². The number of carbonyl (C=O) groups excluding carboxylic acids is 4. The molecule has 8 rings (SSSR count). The van der Waals surface area contributed by atoms with Gasteiger partial charge in [0.05, 0.1) is 48.3 Å². The third kappa shape index (κ3) is 4.49. The van der Waals surface area contributed by atoms with Crippen LogP contribution in [0, 0.1) is 29.6 Å². The van der Waals surface area contributed by atoms with Crippen LogP contribution in [0.3, 0.4) is 0 Å². The first kappa shape index (κ1) is 30.0. The van der Waals surface area contributed by atoms with Crippen LogP contribution in [-0.2, 0) is 24.6 Å². The lowest BCUT2D eigenvalue weighted by Crippen LogP contribution is -2.60. The fourth-order valence-electron chi connectivity index (χ4n) is 8.04. The Morgan fingerprint density at radius 1 is 0.609 bits per heavy atom. The first-order valence-electron chi connectivity index (χ1n) is 16.4. The van der Waals surface area contributed by atoms with Gasteiger partial charge >= 0.3 is 0 Å².